The molecule has 6 nitrogen and oxygen atoms in total. The van der Waals surface area contributed by atoms with E-state index in [1.807, 2.05) is 35.0 Å². The minimum absolute atomic E-state index is 0.328. The Morgan fingerprint density at radius 1 is 1.04 bits per heavy atom. The topological polar surface area (TPSA) is 65.7 Å². The number of fused-ring (bicyclic) bond motifs is 1. The summed E-state index contributed by atoms with van der Waals surface area (Å²) in [4.78, 5) is 13.4. The van der Waals surface area contributed by atoms with Gasteiger partial charge in [-0.25, -0.2) is 9.67 Å². The summed E-state index contributed by atoms with van der Waals surface area (Å²) in [5.41, 5.74) is 1.83. The van der Waals surface area contributed by atoms with Gasteiger partial charge in [-0.15, -0.1) is 0 Å². The molecule has 26 heavy (non-hydrogen) atoms. The monoisotopic (exact) mass is 343 g/mol. The predicted octanol–water partition coefficient (Wildman–Crippen LogP) is 3.67. The van der Waals surface area contributed by atoms with Crippen LogP contribution in [0.5, 0.6) is 5.75 Å². The van der Waals surface area contributed by atoms with Crippen LogP contribution in [0.3, 0.4) is 0 Å². The molecule has 4 aromatic rings. The minimum atomic E-state index is 0.328. The van der Waals surface area contributed by atoms with Gasteiger partial charge >= 0.3 is 0 Å². The molecule has 6 heteroatoms. The molecule has 0 aliphatic heterocycles. The molecule has 1 aliphatic carbocycles. The van der Waals surface area contributed by atoms with Crippen molar-refractivity contribution in [1.82, 2.24) is 24.7 Å². The lowest BCUT2D eigenvalue weighted by Gasteiger charge is -2.09. The van der Waals surface area contributed by atoms with Crippen molar-refractivity contribution in [2.75, 3.05) is 0 Å². The van der Waals surface area contributed by atoms with Gasteiger partial charge in [0.05, 0.1) is 17.4 Å². The molecule has 0 saturated heterocycles. The van der Waals surface area contributed by atoms with Crippen LogP contribution in [0.1, 0.15) is 30.4 Å². The summed E-state index contributed by atoms with van der Waals surface area (Å²) in [6, 6.07) is 13.8. The Morgan fingerprint density at radius 3 is 2.77 bits per heavy atom. The SMILES string of the molecule is c1cncc(OCc2nc(C3CC3)nn2-c2cccc3cccnc23)c1. The molecule has 0 radical (unpaired) electrons. The van der Waals surface area contributed by atoms with Crippen molar-refractivity contribution in [2.45, 2.75) is 25.4 Å². The van der Waals surface area contributed by atoms with Gasteiger partial charge in [0.1, 0.15) is 12.4 Å². The Balaban J connectivity index is 1.56. The molecule has 3 heterocycles. The third kappa shape index (κ3) is 2.79. The summed E-state index contributed by atoms with van der Waals surface area (Å²) >= 11 is 0. The van der Waals surface area contributed by atoms with E-state index in [-0.39, 0.29) is 0 Å². The third-order valence-electron chi connectivity index (χ3n) is 4.47. The first-order chi connectivity index (χ1) is 12.9. The number of aromatic nitrogens is 5. The van der Waals surface area contributed by atoms with Gasteiger partial charge in [-0.2, -0.15) is 5.10 Å². The lowest BCUT2D eigenvalue weighted by atomic mass is 10.2. The van der Waals surface area contributed by atoms with E-state index in [4.69, 9.17) is 14.8 Å². The fourth-order valence-electron chi connectivity index (χ4n) is 3.00. The van der Waals surface area contributed by atoms with Crippen molar-refractivity contribution >= 4 is 10.9 Å². The van der Waals surface area contributed by atoms with Gasteiger partial charge in [0.2, 0.25) is 0 Å². The Labute approximate surface area is 150 Å². The second-order valence-corrected chi connectivity index (χ2v) is 6.40. The van der Waals surface area contributed by atoms with Gasteiger partial charge in [0.25, 0.3) is 0 Å². The van der Waals surface area contributed by atoms with Gasteiger partial charge < -0.3 is 4.74 Å². The molecule has 0 amide bonds. The van der Waals surface area contributed by atoms with Crippen molar-refractivity contribution in [3.63, 3.8) is 0 Å². The van der Waals surface area contributed by atoms with Crippen LogP contribution in [-0.2, 0) is 6.61 Å². The number of para-hydroxylation sites is 1. The molecular formula is C20H17N5O. The Hall–Kier alpha value is -3.28. The van der Waals surface area contributed by atoms with Crippen LogP contribution in [-0.4, -0.2) is 24.7 Å². The van der Waals surface area contributed by atoms with Crippen molar-refractivity contribution in [1.29, 1.82) is 0 Å². The quantitative estimate of drug-likeness (QED) is 0.553. The van der Waals surface area contributed by atoms with Crippen LogP contribution in [0.2, 0.25) is 0 Å². The highest BCUT2D eigenvalue weighted by Gasteiger charge is 2.29. The van der Waals surface area contributed by atoms with E-state index in [0.29, 0.717) is 18.3 Å². The van der Waals surface area contributed by atoms with Crippen LogP contribution in [0.15, 0.2) is 61.1 Å². The highest BCUT2D eigenvalue weighted by molar-refractivity contribution is 5.86. The first kappa shape index (κ1) is 15.0. The molecule has 0 N–H and O–H groups in total. The summed E-state index contributed by atoms with van der Waals surface area (Å²) in [6.45, 7) is 0.328. The van der Waals surface area contributed by atoms with Crippen molar-refractivity contribution < 1.29 is 4.74 Å². The number of nitrogens with zero attached hydrogens (tertiary/aromatic N) is 5. The van der Waals surface area contributed by atoms with Crippen LogP contribution in [0.4, 0.5) is 0 Å². The Morgan fingerprint density at radius 2 is 1.92 bits per heavy atom. The number of benzene rings is 1. The molecule has 1 saturated carbocycles. The van der Waals surface area contributed by atoms with Crippen LogP contribution < -0.4 is 4.74 Å². The van der Waals surface area contributed by atoms with Gasteiger partial charge in [-0.05, 0) is 37.1 Å². The molecule has 1 aliphatic rings. The van der Waals surface area contributed by atoms with Gasteiger partial charge in [0, 0.05) is 23.7 Å². The average molecular weight is 343 g/mol. The standard InChI is InChI=1S/C20H17N5O/c1-4-14-5-2-11-22-19(14)17(7-1)25-18(23-20(24-25)15-8-9-15)13-26-16-6-3-10-21-12-16/h1-7,10-12,15H,8-9,13H2. The second kappa shape index (κ2) is 6.22. The molecule has 0 spiro atoms. The zero-order valence-electron chi connectivity index (χ0n) is 14.1. The molecule has 0 unspecified atom stereocenters. The maximum atomic E-state index is 5.87. The maximum Gasteiger partial charge on any atom is 0.170 e. The van der Waals surface area contributed by atoms with Gasteiger partial charge in [-0.3, -0.25) is 9.97 Å². The van der Waals surface area contributed by atoms with Crippen LogP contribution in [0, 0.1) is 0 Å². The molecule has 5 rings (SSSR count). The lowest BCUT2D eigenvalue weighted by Crippen LogP contribution is -2.08. The number of hydrogen-bond acceptors (Lipinski definition) is 5. The third-order valence-corrected chi connectivity index (χ3v) is 4.47. The largest absolute Gasteiger partial charge is 0.484 e. The van der Waals surface area contributed by atoms with Crippen molar-refractivity contribution in [2.24, 2.45) is 0 Å². The van der Waals surface area contributed by atoms with Gasteiger partial charge in [0.15, 0.2) is 11.6 Å². The summed E-state index contributed by atoms with van der Waals surface area (Å²) in [7, 11) is 0. The molecule has 3 aromatic heterocycles. The second-order valence-electron chi connectivity index (χ2n) is 6.40. The zero-order chi connectivity index (χ0) is 17.3. The lowest BCUT2D eigenvalue weighted by molar-refractivity contribution is 0.291. The highest BCUT2D eigenvalue weighted by Crippen LogP contribution is 2.38. The van der Waals surface area contributed by atoms with E-state index in [9.17, 15) is 0 Å². The average Bonchev–Trinajstić information content (AvgIpc) is 3.47. The normalized spacial score (nSPS) is 13.8. The van der Waals surface area contributed by atoms with E-state index in [1.165, 1.54) is 0 Å². The predicted molar refractivity (Wildman–Crippen MR) is 97.2 cm³/mol. The molecular weight excluding hydrogens is 326 g/mol. The highest BCUT2D eigenvalue weighted by atomic mass is 16.5. The Kier molecular flexibility index (Phi) is 3.59. The Bertz CT molecular complexity index is 1050. The molecule has 0 atom stereocenters. The first-order valence-electron chi connectivity index (χ1n) is 8.71. The smallest absolute Gasteiger partial charge is 0.170 e. The van der Waals surface area contributed by atoms with E-state index in [1.54, 1.807) is 18.6 Å². The van der Waals surface area contributed by atoms with Crippen LogP contribution >= 0.6 is 0 Å². The fourth-order valence-corrected chi connectivity index (χ4v) is 3.00. The maximum absolute atomic E-state index is 5.87. The van der Waals surface area contributed by atoms with E-state index in [2.05, 4.69) is 22.1 Å². The van der Waals surface area contributed by atoms with Crippen LogP contribution in [0.25, 0.3) is 16.6 Å². The fraction of sp³-hybridized carbons (Fsp3) is 0.200. The summed E-state index contributed by atoms with van der Waals surface area (Å²) in [6.07, 6.45) is 7.53. The summed E-state index contributed by atoms with van der Waals surface area (Å²) in [5.74, 6) is 2.85. The number of rotatable bonds is 5. The van der Waals surface area contributed by atoms with E-state index >= 15 is 0 Å². The summed E-state index contributed by atoms with van der Waals surface area (Å²) < 4.78 is 7.75. The van der Waals surface area contributed by atoms with E-state index < -0.39 is 0 Å². The van der Waals surface area contributed by atoms with Crippen molar-refractivity contribution in [3.05, 3.63) is 72.7 Å². The van der Waals surface area contributed by atoms with Crippen molar-refractivity contribution in [3.8, 4) is 11.4 Å². The number of pyridine rings is 2. The molecule has 1 fully saturated rings. The number of ether oxygens (including phenoxy) is 1. The molecule has 128 valence electrons. The number of hydrogen-bond donors (Lipinski definition) is 0. The summed E-state index contributed by atoms with van der Waals surface area (Å²) in [5, 5.41) is 5.85. The zero-order valence-corrected chi connectivity index (χ0v) is 14.1. The molecule has 0 bridgehead atoms. The first-order valence-corrected chi connectivity index (χ1v) is 8.71. The molecule has 1 aromatic carbocycles. The minimum Gasteiger partial charge on any atom is -0.484 e. The van der Waals surface area contributed by atoms with Gasteiger partial charge in [-0.1, -0.05) is 18.2 Å². The van der Waals surface area contributed by atoms with E-state index in [0.717, 1.165) is 41.1 Å².